The van der Waals surface area contributed by atoms with Gasteiger partial charge in [0.25, 0.3) is 5.91 Å². The van der Waals surface area contributed by atoms with Crippen LogP contribution in [-0.4, -0.2) is 22.2 Å². The molecule has 0 bridgehead atoms. The van der Waals surface area contributed by atoms with E-state index in [4.69, 9.17) is 0 Å². The molecule has 2 heterocycles. The molecule has 4 nitrogen and oxygen atoms in total. The molecule has 3 rings (SSSR count). The molecular weight excluding hydrogens is 313 g/mol. The smallest absolute Gasteiger partial charge is 0.271 e. The topological polar surface area (TPSA) is 46.9 Å². The van der Waals surface area contributed by atoms with Crippen LogP contribution in [0.4, 0.5) is 4.39 Å². The lowest BCUT2D eigenvalue weighted by Crippen LogP contribution is -2.26. The zero-order chi connectivity index (χ0) is 16.2. The Morgan fingerprint density at radius 2 is 2.09 bits per heavy atom. The van der Waals surface area contributed by atoms with E-state index in [1.807, 2.05) is 24.6 Å². The molecule has 0 saturated carbocycles. The molecule has 0 unspecified atom stereocenters. The van der Waals surface area contributed by atoms with Crippen LogP contribution in [0, 0.1) is 5.82 Å². The lowest BCUT2D eigenvalue weighted by atomic mass is 10.1. The molecule has 6 heteroatoms. The molecule has 0 fully saturated rings. The predicted molar refractivity (Wildman–Crippen MR) is 89.0 cm³/mol. The van der Waals surface area contributed by atoms with Gasteiger partial charge in [0.05, 0.1) is 10.6 Å². The molecule has 1 aromatic carbocycles. The molecule has 0 aliphatic carbocycles. The second kappa shape index (κ2) is 6.75. The van der Waals surface area contributed by atoms with Gasteiger partial charge >= 0.3 is 0 Å². The Balaban J connectivity index is 1.60. The maximum absolute atomic E-state index is 12.8. The van der Waals surface area contributed by atoms with Crippen LogP contribution in [0.5, 0.6) is 0 Å². The van der Waals surface area contributed by atoms with Gasteiger partial charge in [-0.25, -0.2) is 4.39 Å². The van der Waals surface area contributed by atoms with Crippen molar-refractivity contribution in [2.75, 3.05) is 6.54 Å². The Morgan fingerprint density at radius 1 is 1.30 bits per heavy atom. The van der Waals surface area contributed by atoms with E-state index in [9.17, 15) is 9.18 Å². The minimum Gasteiger partial charge on any atom is -0.350 e. The van der Waals surface area contributed by atoms with Gasteiger partial charge in [0.15, 0.2) is 5.69 Å². The normalized spacial score (nSPS) is 10.7. The summed E-state index contributed by atoms with van der Waals surface area (Å²) in [6.07, 6.45) is 0.649. The van der Waals surface area contributed by atoms with E-state index >= 15 is 0 Å². The first-order valence-electron chi connectivity index (χ1n) is 7.24. The van der Waals surface area contributed by atoms with Crippen molar-refractivity contribution in [1.82, 2.24) is 15.1 Å². The Kier molecular flexibility index (Phi) is 4.52. The van der Waals surface area contributed by atoms with Crippen molar-refractivity contribution in [2.24, 2.45) is 7.05 Å². The van der Waals surface area contributed by atoms with Gasteiger partial charge in [0.1, 0.15) is 5.82 Å². The van der Waals surface area contributed by atoms with Crippen molar-refractivity contribution in [3.05, 3.63) is 64.9 Å². The first-order chi connectivity index (χ1) is 11.1. The number of carbonyl (C=O) groups is 1. The first-order valence-corrected chi connectivity index (χ1v) is 8.12. The van der Waals surface area contributed by atoms with Crippen LogP contribution in [0.2, 0.25) is 0 Å². The fourth-order valence-corrected chi connectivity index (χ4v) is 3.07. The van der Waals surface area contributed by atoms with Crippen molar-refractivity contribution in [3.8, 4) is 10.6 Å². The van der Waals surface area contributed by atoms with E-state index in [1.54, 1.807) is 34.2 Å². The number of thiophene rings is 1. The summed E-state index contributed by atoms with van der Waals surface area (Å²) in [6, 6.07) is 12.0. The van der Waals surface area contributed by atoms with E-state index in [0.29, 0.717) is 18.7 Å². The van der Waals surface area contributed by atoms with Crippen molar-refractivity contribution in [3.63, 3.8) is 0 Å². The zero-order valence-electron chi connectivity index (χ0n) is 12.6. The summed E-state index contributed by atoms with van der Waals surface area (Å²) in [5.41, 5.74) is 2.30. The number of amides is 1. The summed E-state index contributed by atoms with van der Waals surface area (Å²) in [6.45, 7) is 0.482. The van der Waals surface area contributed by atoms with Gasteiger partial charge in [0, 0.05) is 13.6 Å². The molecule has 0 spiro atoms. The van der Waals surface area contributed by atoms with Crippen LogP contribution in [0.3, 0.4) is 0 Å². The Morgan fingerprint density at radius 3 is 2.78 bits per heavy atom. The Hall–Kier alpha value is -2.47. The molecular formula is C17H16FN3OS. The lowest BCUT2D eigenvalue weighted by molar-refractivity contribution is 0.0948. The van der Waals surface area contributed by atoms with E-state index in [0.717, 1.165) is 16.1 Å². The van der Waals surface area contributed by atoms with Crippen LogP contribution >= 0.6 is 11.3 Å². The number of benzene rings is 1. The van der Waals surface area contributed by atoms with Gasteiger partial charge < -0.3 is 5.32 Å². The molecule has 0 aliphatic heterocycles. The fraction of sp³-hybridized carbons (Fsp3) is 0.176. The van der Waals surface area contributed by atoms with Crippen molar-refractivity contribution < 1.29 is 9.18 Å². The third kappa shape index (κ3) is 3.65. The Bertz CT molecular complexity index is 794. The number of aromatic nitrogens is 2. The summed E-state index contributed by atoms with van der Waals surface area (Å²) < 4.78 is 14.5. The maximum atomic E-state index is 12.8. The van der Waals surface area contributed by atoms with Gasteiger partial charge in [-0.2, -0.15) is 5.10 Å². The largest absolute Gasteiger partial charge is 0.350 e. The first kappa shape index (κ1) is 15.4. The minimum atomic E-state index is -0.257. The molecule has 1 amide bonds. The third-order valence-corrected chi connectivity index (χ3v) is 4.39. The van der Waals surface area contributed by atoms with Crippen LogP contribution in [0.15, 0.2) is 47.8 Å². The van der Waals surface area contributed by atoms with E-state index in [2.05, 4.69) is 10.4 Å². The van der Waals surface area contributed by atoms with Crippen molar-refractivity contribution >= 4 is 17.2 Å². The van der Waals surface area contributed by atoms with Crippen LogP contribution in [-0.2, 0) is 13.5 Å². The predicted octanol–water partition coefficient (Wildman–Crippen LogP) is 3.26. The van der Waals surface area contributed by atoms with Gasteiger partial charge in [-0.05, 0) is 41.6 Å². The number of nitrogens with zero attached hydrogens (tertiary/aromatic N) is 2. The van der Waals surface area contributed by atoms with E-state index in [-0.39, 0.29) is 11.7 Å². The molecule has 2 aromatic heterocycles. The van der Waals surface area contributed by atoms with Crippen molar-refractivity contribution in [2.45, 2.75) is 6.42 Å². The van der Waals surface area contributed by atoms with Gasteiger partial charge in [0.2, 0.25) is 0 Å². The molecule has 0 radical (unpaired) electrons. The van der Waals surface area contributed by atoms with E-state index < -0.39 is 0 Å². The monoisotopic (exact) mass is 329 g/mol. The SMILES string of the molecule is Cn1nc(C(=O)NCCc2ccc(F)cc2)cc1-c1cccs1. The summed E-state index contributed by atoms with van der Waals surface area (Å²) >= 11 is 1.61. The van der Waals surface area contributed by atoms with Crippen LogP contribution < -0.4 is 5.32 Å². The van der Waals surface area contributed by atoms with Gasteiger partial charge in [-0.15, -0.1) is 11.3 Å². The average Bonchev–Trinajstić information content (AvgIpc) is 3.18. The summed E-state index contributed by atoms with van der Waals surface area (Å²) in [4.78, 5) is 13.3. The number of halogens is 1. The molecule has 23 heavy (non-hydrogen) atoms. The number of hydrogen-bond donors (Lipinski definition) is 1. The highest BCUT2D eigenvalue weighted by molar-refractivity contribution is 7.13. The Labute approximate surface area is 137 Å². The number of nitrogens with one attached hydrogen (secondary N) is 1. The summed E-state index contributed by atoms with van der Waals surface area (Å²) in [5.74, 6) is -0.460. The molecule has 118 valence electrons. The molecule has 0 aliphatic rings. The second-order valence-electron chi connectivity index (χ2n) is 5.15. The van der Waals surface area contributed by atoms with Gasteiger partial charge in [-0.1, -0.05) is 18.2 Å². The highest BCUT2D eigenvalue weighted by atomic mass is 32.1. The van der Waals surface area contributed by atoms with E-state index in [1.165, 1.54) is 12.1 Å². The number of aryl methyl sites for hydroxylation is 1. The lowest BCUT2D eigenvalue weighted by Gasteiger charge is -2.03. The fourth-order valence-electron chi connectivity index (χ4n) is 2.30. The molecule has 1 N–H and O–H groups in total. The quantitative estimate of drug-likeness (QED) is 0.781. The zero-order valence-corrected chi connectivity index (χ0v) is 13.4. The number of hydrogen-bond acceptors (Lipinski definition) is 3. The molecule has 0 saturated heterocycles. The highest BCUT2D eigenvalue weighted by Gasteiger charge is 2.14. The van der Waals surface area contributed by atoms with Crippen LogP contribution in [0.25, 0.3) is 10.6 Å². The third-order valence-electron chi connectivity index (χ3n) is 3.50. The van der Waals surface area contributed by atoms with Crippen molar-refractivity contribution in [1.29, 1.82) is 0 Å². The standard InChI is InChI=1S/C17H16FN3OS/c1-21-15(16-3-2-10-23-16)11-14(20-21)17(22)19-9-8-12-4-6-13(18)7-5-12/h2-7,10-11H,8-9H2,1H3,(H,19,22). The minimum absolute atomic E-state index is 0.203. The van der Waals surface area contributed by atoms with Gasteiger partial charge in [-0.3, -0.25) is 9.48 Å². The molecule has 3 aromatic rings. The van der Waals surface area contributed by atoms with Crippen LogP contribution in [0.1, 0.15) is 16.1 Å². The summed E-state index contributed by atoms with van der Waals surface area (Å²) in [7, 11) is 1.82. The summed E-state index contributed by atoms with van der Waals surface area (Å²) in [5, 5.41) is 9.10. The average molecular weight is 329 g/mol. The molecule has 0 atom stereocenters. The number of carbonyl (C=O) groups excluding carboxylic acids is 1. The maximum Gasteiger partial charge on any atom is 0.271 e. The number of rotatable bonds is 5. The highest BCUT2D eigenvalue weighted by Crippen LogP contribution is 2.24. The second-order valence-corrected chi connectivity index (χ2v) is 6.10.